The topological polar surface area (TPSA) is 34.1 Å². The zero-order valence-electron chi connectivity index (χ0n) is 10.9. The Kier molecular flexibility index (Phi) is 4.79. The molecule has 0 aliphatic carbocycles. The van der Waals surface area contributed by atoms with Gasteiger partial charge in [0.2, 0.25) is 0 Å². The zero-order chi connectivity index (χ0) is 14.2. The first-order valence-electron chi connectivity index (χ1n) is 6.27. The summed E-state index contributed by atoms with van der Waals surface area (Å²) in [7, 11) is 0. The van der Waals surface area contributed by atoms with Gasteiger partial charge in [-0.15, -0.1) is 0 Å². The molecular formula is C18H14O2. The van der Waals surface area contributed by atoms with Crippen LogP contribution in [0.2, 0.25) is 0 Å². The molecule has 2 aromatic carbocycles. The summed E-state index contributed by atoms with van der Waals surface area (Å²) in [5.74, 6) is 0. The molecule has 0 saturated carbocycles. The molecular weight excluding hydrogens is 248 g/mol. The van der Waals surface area contributed by atoms with Crippen LogP contribution in [0.4, 0.5) is 0 Å². The van der Waals surface area contributed by atoms with E-state index in [9.17, 15) is 9.59 Å². The molecule has 0 aliphatic heterocycles. The highest BCUT2D eigenvalue weighted by atomic mass is 16.1. The first kappa shape index (κ1) is 13.7. The van der Waals surface area contributed by atoms with Crippen LogP contribution in [0.5, 0.6) is 0 Å². The largest absolute Gasteiger partial charge is 0.298 e. The third kappa shape index (κ3) is 3.62. The van der Waals surface area contributed by atoms with E-state index in [0.717, 1.165) is 11.1 Å². The van der Waals surface area contributed by atoms with Gasteiger partial charge in [-0.3, -0.25) is 9.59 Å². The Morgan fingerprint density at radius 1 is 0.600 bits per heavy atom. The summed E-state index contributed by atoms with van der Waals surface area (Å²) in [6.45, 7) is 0. The SMILES string of the molecule is O=CC(=C/c1ccccc1)/C(C=O)=C\c1ccccc1. The van der Waals surface area contributed by atoms with E-state index in [1.165, 1.54) is 0 Å². The lowest BCUT2D eigenvalue weighted by Gasteiger charge is -2.01. The number of aldehydes is 2. The van der Waals surface area contributed by atoms with Crippen molar-refractivity contribution in [3.63, 3.8) is 0 Å². The fourth-order valence-corrected chi connectivity index (χ4v) is 1.83. The van der Waals surface area contributed by atoms with Crippen LogP contribution in [0.1, 0.15) is 11.1 Å². The average molecular weight is 262 g/mol. The van der Waals surface area contributed by atoms with Gasteiger partial charge < -0.3 is 0 Å². The van der Waals surface area contributed by atoms with Gasteiger partial charge in [-0.05, 0) is 23.3 Å². The van der Waals surface area contributed by atoms with Crippen LogP contribution in [0, 0.1) is 0 Å². The molecule has 98 valence electrons. The molecule has 2 rings (SSSR count). The Morgan fingerprint density at radius 2 is 0.950 bits per heavy atom. The molecule has 0 heterocycles. The van der Waals surface area contributed by atoms with Crippen molar-refractivity contribution < 1.29 is 9.59 Å². The summed E-state index contributed by atoms with van der Waals surface area (Å²) < 4.78 is 0. The minimum absolute atomic E-state index is 0.370. The molecule has 0 bridgehead atoms. The maximum absolute atomic E-state index is 11.2. The van der Waals surface area contributed by atoms with Crippen molar-refractivity contribution in [2.75, 3.05) is 0 Å². The molecule has 0 aromatic heterocycles. The van der Waals surface area contributed by atoms with Crippen LogP contribution >= 0.6 is 0 Å². The summed E-state index contributed by atoms with van der Waals surface area (Å²) in [5, 5.41) is 0. The van der Waals surface area contributed by atoms with Crippen molar-refractivity contribution >= 4 is 24.7 Å². The van der Waals surface area contributed by atoms with Gasteiger partial charge in [0.25, 0.3) is 0 Å². The highest BCUT2D eigenvalue weighted by Gasteiger charge is 2.04. The quantitative estimate of drug-likeness (QED) is 0.469. The maximum atomic E-state index is 11.2. The lowest BCUT2D eigenvalue weighted by molar-refractivity contribution is -0.107. The number of hydrogen-bond donors (Lipinski definition) is 0. The van der Waals surface area contributed by atoms with E-state index >= 15 is 0 Å². The smallest absolute Gasteiger partial charge is 0.150 e. The van der Waals surface area contributed by atoms with Crippen LogP contribution in [-0.4, -0.2) is 12.6 Å². The van der Waals surface area contributed by atoms with Crippen molar-refractivity contribution in [2.45, 2.75) is 0 Å². The van der Waals surface area contributed by atoms with Gasteiger partial charge in [0.1, 0.15) is 0 Å². The number of hydrogen-bond acceptors (Lipinski definition) is 2. The Labute approximate surface area is 118 Å². The Hall–Kier alpha value is -2.74. The number of allylic oxidation sites excluding steroid dienone is 2. The van der Waals surface area contributed by atoms with E-state index in [-0.39, 0.29) is 0 Å². The fraction of sp³-hybridized carbons (Fsp3) is 0. The summed E-state index contributed by atoms with van der Waals surface area (Å²) in [6, 6.07) is 18.9. The van der Waals surface area contributed by atoms with E-state index in [0.29, 0.717) is 23.7 Å². The fourth-order valence-electron chi connectivity index (χ4n) is 1.83. The second kappa shape index (κ2) is 7.00. The third-order valence-corrected chi connectivity index (χ3v) is 2.83. The van der Waals surface area contributed by atoms with E-state index < -0.39 is 0 Å². The first-order valence-corrected chi connectivity index (χ1v) is 6.27. The van der Waals surface area contributed by atoms with E-state index in [1.54, 1.807) is 12.2 Å². The van der Waals surface area contributed by atoms with Gasteiger partial charge in [-0.1, -0.05) is 60.7 Å². The van der Waals surface area contributed by atoms with Gasteiger partial charge in [-0.2, -0.15) is 0 Å². The summed E-state index contributed by atoms with van der Waals surface area (Å²) in [6.07, 6.45) is 4.82. The molecule has 0 amide bonds. The lowest BCUT2D eigenvalue weighted by atomic mass is 10.0. The van der Waals surface area contributed by atoms with Crippen LogP contribution in [0.15, 0.2) is 71.8 Å². The normalized spacial score (nSPS) is 12.0. The Bertz CT molecular complexity index is 578. The third-order valence-electron chi connectivity index (χ3n) is 2.83. The van der Waals surface area contributed by atoms with Crippen molar-refractivity contribution in [1.29, 1.82) is 0 Å². The molecule has 0 saturated heterocycles. The number of rotatable bonds is 5. The van der Waals surface area contributed by atoms with Gasteiger partial charge in [0.05, 0.1) is 0 Å². The second-order valence-corrected chi connectivity index (χ2v) is 4.26. The van der Waals surface area contributed by atoms with Crippen LogP contribution in [-0.2, 0) is 9.59 Å². The second-order valence-electron chi connectivity index (χ2n) is 4.26. The maximum Gasteiger partial charge on any atom is 0.150 e. The summed E-state index contributed by atoms with van der Waals surface area (Å²) in [4.78, 5) is 22.5. The van der Waals surface area contributed by atoms with Crippen LogP contribution in [0.3, 0.4) is 0 Å². The molecule has 2 heteroatoms. The molecule has 2 aromatic rings. The van der Waals surface area contributed by atoms with Crippen molar-refractivity contribution in [3.8, 4) is 0 Å². The Morgan fingerprint density at radius 3 is 1.25 bits per heavy atom. The monoisotopic (exact) mass is 262 g/mol. The zero-order valence-corrected chi connectivity index (χ0v) is 10.9. The molecule has 0 aliphatic rings. The van der Waals surface area contributed by atoms with Crippen molar-refractivity contribution in [3.05, 3.63) is 82.9 Å². The highest BCUT2D eigenvalue weighted by Crippen LogP contribution is 2.15. The highest BCUT2D eigenvalue weighted by molar-refractivity contribution is 6.02. The van der Waals surface area contributed by atoms with Crippen molar-refractivity contribution in [2.24, 2.45) is 0 Å². The van der Waals surface area contributed by atoms with Gasteiger partial charge >= 0.3 is 0 Å². The predicted molar refractivity (Wildman–Crippen MR) is 81.0 cm³/mol. The molecule has 0 spiro atoms. The number of carbonyl (C=O) groups is 2. The molecule has 20 heavy (non-hydrogen) atoms. The molecule has 0 unspecified atom stereocenters. The standard InChI is InChI=1S/C18H14O2/c19-13-17(11-15-7-3-1-4-8-15)18(14-20)12-16-9-5-2-6-10-16/h1-14H/b17-11-,18-12-. The van der Waals surface area contributed by atoms with Gasteiger partial charge in [0.15, 0.2) is 12.6 Å². The van der Waals surface area contributed by atoms with Crippen LogP contribution in [0.25, 0.3) is 12.2 Å². The first-order chi connectivity index (χ1) is 9.83. The molecule has 2 nitrogen and oxygen atoms in total. The molecule has 0 N–H and O–H groups in total. The average Bonchev–Trinajstić information content (AvgIpc) is 2.52. The van der Waals surface area contributed by atoms with Gasteiger partial charge in [-0.25, -0.2) is 0 Å². The van der Waals surface area contributed by atoms with Crippen molar-refractivity contribution in [1.82, 2.24) is 0 Å². The minimum atomic E-state index is 0.370. The Balaban J connectivity index is 2.38. The number of benzene rings is 2. The molecule has 0 fully saturated rings. The van der Waals surface area contributed by atoms with Gasteiger partial charge in [0, 0.05) is 11.1 Å². The van der Waals surface area contributed by atoms with E-state index in [4.69, 9.17) is 0 Å². The minimum Gasteiger partial charge on any atom is -0.298 e. The summed E-state index contributed by atoms with van der Waals surface area (Å²) >= 11 is 0. The number of carbonyl (C=O) groups excluding carboxylic acids is 2. The van der Waals surface area contributed by atoms with Crippen LogP contribution < -0.4 is 0 Å². The predicted octanol–water partition coefficient (Wildman–Crippen LogP) is 3.55. The summed E-state index contributed by atoms with van der Waals surface area (Å²) in [5.41, 5.74) is 2.51. The lowest BCUT2D eigenvalue weighted by Crippen LogP contribution is -1.93. The van der Waals surface area contributed by atoms with E-state index in [2.05, 4.69) is 0 Å². The molecule has 0 radical (unpaired) electrons. The molecule has 0 atom stereocenters. The van der Waals surface area contributed by atoms with E-state index in [1.807, 2.05) is 60.7 Å².